The number of nitrogens with zero attached hydrogens (tertiary/aromatic N) is 1. The maximum atomic E-state index is 12.5. The molecule has 0 radical (unpaired) electrons. The van der Waals surface area contributed by atoms with Crippen molar-refractivity contribution in [2.45, 2.75) is 22.4 Å². The summed E-state index contributed by atoms with van der Waals surface area (Å²) in [5, 5.41) is 25.6. The average molecular weight is 584 g/mol. The molecule has 7 N–H and O–H groups in total. The molecule has 0 spiro atoms. The fourth-order valence-electron chi connectivity index (χ4n) is 3.57. The Bertz CT molecular complexity index is 1150. The number of hydrogen-bond donors (Lipinski definition) is 6. The Balaban J connectivity index is 1.53. The molecule has 3 unspecified atom stereocenters. The van der Waals surface area contributed by atoms with Gasteiger partial charge in [0.05, 0.1) is 12.3 Å². The number of nitrogens with one attached hydrogen (secondary N) is 3. The van der Waals surface area contributed by atoms with Gasteiger partial charge >= 0.3 is 11.9 Å². The van der Waals surface area contributed by atoms with E-state index in [2.05, 4.69) is 16.0 Å². The zero-order valence-corrected chi connectivity index (χ0v) is 22.2. The summed E-state index contributed by atoms with van der Waals surface area (Å²) in [5.41, 5.74) is 6.32. The zero-order valence-electron chi connectivity index (χ0n) is 19.7. The summed E-state index contributed by atoms with van der Waals surface area (Å²) < 4.78 is 0. The SMILES string of the molecule is NCC(=O)NC1C(=O)N2C(C(=O)O)=C(CSc3ccc(NC(=O)CSCC(NC=O)C(=O)O)cc3)CSC12. The van der Waals surface area contributed by atoms with Gasteiger partial charge in [0.2, 0.25) is 18.2 Å². The van der Waals surface area contributed by atoms with Gasteiger partial charge in [0.15, 0.2) is 0 Å². The Kier molecular flexibility index (Phi) is 10.5. The second kappa shape index (κ2) is 13.5. The number of hydrogen-bond acceptors (Lipinski definition) is 10. The maximum absolute atomic E-state index is 12.5. The lowest BCUT2D eigenvalue weighted by molar-refractivity contribution is -0.150. The molecule has 0 saturated carbocycles. The average Bonchev–Trinajstić information content (AvgIpc) is 2.89. The van der Waals surface area contributed by atoms with E-state index in [1.54, 1.807) is 24.3 Å². The summed E-state index contributed by atoms with van der Waals surface area (Å²) in [6.07, 6.45) is 0.299. The summed E-state index contributed by atoms with van der Waals surface area (Å²) >= 11 is 3.82. The van der Waals surface area contributed by atoms with Gasteiger partial charge in [-0.05, 0) is 29.8 Å². The summed E-state index contributed by atoms with van der Waals surface area (Å²) in [6, 6.07) is 5.00. The molecule has 1 saturated heterocycles. The third-order valence-corrected chi connectivity index (χ3v) is 8.86. The van der Waals surface area contributed by atoms with Crippen LogP contribution in [0.3, 0.4) is 0 Å². The number of carboxylic acid groups (broad SMARTS) is 2. The predicted octanol–water partition coefficient (Wildman–Crippen LogP) is -0.653. The Morgan fingerprint density at radius 3 is 2.50 bits per heavy atom. The number of carboxylic acids is 2. The number of benzene rings is 1. The van der Waals surface area contributed by atoms with Gasteiger partial charge < -0.3 is 31.9 Å². The van der Waals surface area contributed by atoms with Crippen LogP contribution in [0.2, 0.25) is 0 Å². The van der Waals surface area contributed by atoms with Crippen LogP contribution >= 0.6 is 35.3 Å². The number of carbonyl (C=O) groups is 6. The number of amides is 4. The van der Waals surface area contributed by atoms with Crippen LogP contribution in [0.15, 0.2) is 40.4 Å². The first-order valence-electron chi connectivity index (χ1n) is 11.1. The normalized spacial score (nSPS) is 19.1. The predicted molar refractivity (Wildman–Crippen MR) is 142 cm³/mol. The Morgan fingerprint density at radius 2 is 1.89 bits per heavy atom. The molecular weight excluding hydrogens is 558 g/mol. The Hall–Kier alpha value is -3.21. The molecule has 3 atom stereocenters. The van der Waals surface area contributed by atoms with E-state index in [1.807, 2.05) is 0 Å². The van der Waals surface area contributed by atoms with E-state index in [0.29, 0.717) is 29.2 Å². The fourth-order valence-corrected chi connectivity index (χ4v) is 6.80. The first-order valence-corrected chi connectivity index (χ1v) is 14.3. The third kappa shape index (κ3) is 7.21. The molecule has 38 heavy (non-hydrogen) atoms. The van der Waals surface area contributed by atoms with Gasteiger partial charge in [0.25, 0.3) is 5.91 Å². The van der Waals surface area contributed by atoms with Crippen molar-refractivity contribution in [1.82, 2.24) is 15.5 Å². The van der Waals surface area contributed by atoms with Gasteiger partial charge in [-0.25, -0.2) is 9.59 Å². The molecule has 2 heterocycles. The van der Waals surface area contributed by atoms with E-state index >= 15 is 0 Å². The van der Waals surface area contributed by atoms with Gasteiger partial charge in [-0.1, -0.05) is 0 Å². The number of nitrogens with two attached hydrogens (primary N) is 1. The Morgan fingerprint density at radius 1 is 1.18 bits per heavy atom. The van der Waals surface area contributed by atoms with Gasteiger partial charge in [-0.15, -0.1) is 35.3 Å². The van der Waals surface area contributed by atoms with Crippen molar-refractivity contribution in [2.75, 3.05) is 34.9 Å². The minimum absolute atomic E-state index is 0.00240. The van der Waals surface area contributed by atoms with E-state index < -0.39 is 41.2 Å². The smallest absolute Gasteiger partial charge is 0.352 e. The van der Waals surface area contributed by atoms with Crippen LogP contribution in [0.25, 0.3) is 0 Å². The summed E-state index contributed by atoms with van der Waals surface area (Å²) in [7, 11) is 0. The Labute approximate surface area is 229 Å². The fraction of sp³-hybridized carbons (Fsp3) is 0.364. The summed E-state index contributed by atoms with van der Waals surface area (Å²) in [4.78, 5) is 71.6. The van der Waals surface area contributed by atoms with Gasteiger partial charge in [-0.3, -0.25) is 24.1 Å². The van der Waals surface area contributed by atoms with E-state index in [9.17, 15) is 33.9 Å². The minimum atomic E-state index is -1.21. The molecule has 1 aromatic rings. The minimum Gasteiger partial charge on any atom is -0.480 e. The highest BCUT2D eigenvalue weighted by molar-refractivity contribution is 8.01. The van der Waals surface area contributed by atoms with Gasteiger partial charge in [0.1, 0.15) is 23.2 Å². The summed E-state index contributed by atoms with van der Waals surface area (Å²) in [5.74, 6) is -2.96. The monoisotopic (exact) mass is 583 g/mol. The van der Waals surface area contributed by atoms with Crippen LogP contribution < -0.4 is 21.7 Å². The highest BCUT2D eigenvalue weighted by Gasteiger charge is 2.54. The van der Waals surface area contributed by atoms with E-state index in [-0.39, 0.29) is 29.7 Å². The molecule has 2 aliphatic rings. The van der Waals surface area contributed by atoms with Crippen molar-refractivity contribution in [3.63, 3.8) is 0 Å². The molecule has 16 heteroatoms. The molecule has 0 aliphatic carbocycles. The van der Waals surface area contributed by atoms with Gasteiger partial charge in [0, 0.05) is 27.8 Å². The van der Waals surface area contributed by atoms with E-state index in [0.717, 1.165) is 16.7 Å². The van der Waals surface area contributed by atoms with Crippen molar-refractivity contribution in [1.29, 1.82) is 0 Å². The number of thioether (sulfide) groups is 3. The number of anilines is 1. The highest BCUT2D eigenvalue weighted by Crippen LogP contribution is 2.41. The van der Waals surface area contributed by atoms with Crippen molar-refractivity contribution >= 4 is 77.0 Å². The number of β-lactam (4-membered cyclic amide) rings is 1. The maximum Gasteiger partial charge on any atom is 0.352 e. The van der Waals surface area contributed by atoms with Crippen molar-refractivity contribution in [3.05, 3.63) is 35.5 Å². The first-order chi connectivity index (χ1) is 18.2. The number of fused-ring (bicyclic) bond motifs is 1. The molecule has 4 amide bonds. The van der Waals surface area contributed by atoms with Crippen LogP contribution in [-0.4, -0.2) is 98.2 Å². The van der Waals surface area contributed by atoms with Crippen LogP contribution in [0, 0.1) is 0 Å². The molecule has 2 aliphatic heterocycles. The van der Waals surface area contributed by atoms with E-state index in [1.165, 1.54) is 28.4 Å². The topological polar surface area (TPSA) is 208 Å². The lowest BCUT2D eigenvalue weighted by Crippen LogP contribution is -2.71. The largest absolute Gasteiger partial charge is 0.480 e. The molecule has 204 valence electrons. The molecular formula is C22H25N5O8S3. The number of rotatable bonds is 14. The molecule has 1 aromatic carbocycles. The van der Waals surface area contributed by atoms with Crippen LogP contribution in [0.4, 0.5) is 5.69 Å². The van der Waals surface area contributed by atoms with Crippen LogP contribution in [-0.2, 0) is 28.8 Å². The molecule has 0 bridgehead atoms. The molecule has 13 nitrogen and oxygen atoms in total. The third-order valence-electron chi connectivity index (χ3n) is 5.39. The zero-order chi connectivity index (χ0) is 27.8. The van der Waals surface area contributed by atoms with Crippen molar-refractivity contribution < 1.29 is 39.0 Å². The van der Waals surface area contributed by atoms with E-state index in [4.69, 9.17) is 10.8 Å². The summed E-state index contributed by atoms with van der Waals surface area (Å²) in [6.45, 7) is -0.264. The van der Waals surface area contributed by atoms with Crippen molar-refractivity contribution in [3.8, 4) is 0 Å². The second-order valence-corrected chi connectivity index (χ2v) is 11.2. The van der Waals surface area contributed by atoms with Gasteiger partial charge in [-0.2, -0.15) is 0 Å². The lowest BCUT2D eigenvalue weighted by atomic mass is 10.0. The molecule has 3 rings (SSSR count). The van der Waals surface area contributed by atoms with Crippen molar-refractivity contribution in [2.24, 2.45) is 5.73 Å². The standard InChI is InChI=1S/C22H25N5O8S3/c23-5-15(29)26-17-19(31)27-18(22(34)35)11(7-38-20(17)27)6-37-13-3-1-12(2-4-13)25-16(30)9-36-8-14(21(32)33)24-10-28/h1-4,10,14,17,20H,5-9,23H2,(H,24,28)(H,25,30)(H,26,29)(H,32,33)(H,34,35). The molecule has 0 aromatic heterocycles. The molecule has 1 fully saturated rings. The van der Waals surface area contributed by atoms with Crippen LogP contribution in [0.5, 0.6) is 0 Å². The lowest BCUT2D eigenvalue weighted by Gasteiger charge is -2.49. The number of aliphatic carboxylic acids is 2. The quantitative estimate of drug-likeness (QED) is 0.0917. The number of carbonyl (C=O) groups excluding carboxylic acids is 4. The first kappa shape index (κ1) is 29.3. The highest BCUT2D eigenvalue weighted by atomic mass is 32.2. The van der Waals surface area contributed by atoms with Crippen LogP contribution in [0.1, 0.15) is 0 Å². The second-order valence-electron chi connectivity index (χ2n) is 7.97.